The van der Waals surface area contributed by atoms with Crippen molar-refractivity contribution in [3.63, 3.8) is 0 Å². The van der Waals surface area contributed by atoms with Gasteiger partial charge in [0.2, 0.25) is 0 Å². The van der Waals surface area contributed by atoms with E-state index in [-0.39, 0.29) is 0 Å². The smallest absolute Gasteiger partial charge is 0.0678 e. The third-order valence-corrected chi connectivity index (χ3v) is 5.88. The molecule has 28 heavy (non-hydrogen) atoms. The fourth-order valence-electron chi connectivity index (χ4n) is 4.26. The molecular weight excluding hydrogens is 346 g/mol. The van der Waals surface area contributed by atoms with Gasteiger partial charge >= 0.3 is 0 Å². The van der Waals surface area contributed by atoms with Crippen LogP contribution in [0.5, 0.6) is 0 Å². The molecule has 2 aromatic carbocycles. The van der Waals surface area contributed by atoms with E-state index in [1.807, 2.05) is 0 Å². The number of rotatable bonds is 7. The molecule has 0 atom stereocenters. The zero-order chi connectivity index (χ0) is 19.7. The fraction of sp³-hybridized carbons (Fsp3) is 0.333. The number of hydrogen-bond acceptors (Lipinski definition) is 3. The lowest BCUT2D eigenvalue weighted by Crippen LogP contribution is -2.44. The Kier molecular flexibility index (Phi) is 5.25. The Morgan fingerprint density at radius 1 is 1.18 bits per heavy atom. The van der Waals surface area contributed by atoms with Gasteiger partial charge in [0.1, 0.15) is 0 Å². The number of para-hydroxylation sites is 1. The van der Waals surface area contributed by atoms with Crippen molar-refractivity contribution in [3.05, 3.63) is 77.5 Å². The van der Waals surface area contributed by atoms with Gasteiger partial charge in [-0.3, -0.25) is 0 Å². The molecule has 3 N–H and O–H groups in total. The van der Waals surface area contributed by atoms with Crippen molar-refractivity contribution in [1.29, 1.82) is 0 Å². The first-order valence-electron chi connectivity index (χ1n) is 9.93. The minimum atomic E-state index is 0.428. The summed E-state index contributed by atoms with van der Waals surface area (Å²) in [7, 11) is 1.79. The van der Waals surface area contributed by atoms with Crippen molar-refractivity contribution < 1.29 is 4.74 Å². The van der Waals surface area contributed by atoms with Crippen molar-refractivity contribution in [3.8, 4) is 0 Å². The second-order valence-corrected chi connectivity index (χ2v) is 7.83. The van der Waals surface area contributed by atoms with E-state index < -0.39 is 0 Å². The maximum Gasteiger partial charge on any atom is 0.0678 e. The summed E-state index contributed by atoms with van der Waals surface area (Å²) in [6.07, 6.45) is 2.64. The Labute approximate surface area is 167 Å². The van der Waals surface area contributed by atoms with Gasteiger partial charge in [0.15, 0.2) is 0 Å². The monoisotopic (exact) mass is 375 g/mol. The molecule has 0 amide bonds. The van der Waals surface area contributed by atoms with E-state index >= 15 is 0 Å². The summed E-state index contributed by atoms with van der Waals surface area (Å²) in [5, 5.41) is 4.87. The summed E-state index contributed by atoms with van der Waals surface area (Å²) in [5.41, 5.74) is 12.8. The minimum absolute atomic E-state index is 0.428. The summed E-state index contributed by atoms with van der Waals surface area (Å²) in [6.45, 7) is 7.81. The highest BCUT2D eigenvalue weighted by Crippen LogP contribution is 2.29. The molecule has 4 rings (SSSR count). The average molecular weight is 376 g/mol. The van der Waals surface area contributed by atoms with Crippen LogP contribution < -0.4 is 11.1 Å². The Bertz CT molecular complexity index is 998. The molecule has 146 valence electrons. The quantitative estimate of drug-likeness (QED) is 0.651. The molecule has 1 aliphatic carbocycles. The van der Waals surface area contributed by atoms with Crippen LogP contribution in [0.4, 0.5) is 0 Å². The molecule has 0 aliphatic heterocycles. The van der Waals surface area contributed by atoms with Gasteiger partial charge in [0.25, 0.3) is 0 Å². The van der Waals surface area contributed by atoms with Gasteiger partial charge in [0, 0.05) is 42.8 Å². The first-order valence-corrected chi connectivity index (χ1v) is 9.93. The molecule has 3 aromatic rings. The first kappa shape index (κ1) is 18.8. The van der Waals surface area contributed by atoms with E-state index in [4.69, 9.17) is 10.5 Å². The molecule has 0 radical (unpaired) electrons. The van der Waals surface area contributed by atoms with Crippen LogP contribution in [-0.4, -0.2) is 23.8 Å². The predicted octanol–water partition coefficient (Wildman–Crippen LogP) is 4.19. The number of aryl methyl sites for hydroxylation is 1. The number of nitrogens with one attached hydrogen (secondary N) is 1. The SMILES string of the molecule is C=C(N)c1c(C)c2ccccc2n1Cc1cccc(CNC2CC(OC)C2)c1. The molecule has 0 saturated heterocycles. The lowest BCUT2D eigenvalue weighted by Gasteiger charge is -2.34. The summed E-state index contributed by atoms with van der Waals surface area (Å²) in [4.78, 5) is 0. The van der Waals surface area contributed by atoms with Gasteiger partial charge in [0.05, 0.1) is 11.8 Å². The topological polar surface area (TPSA) is 52.2 Å². The summed E-state index contributed by atoms with van der Waals surface area (Å²) in [5.74, 6) is 0. The fourth-order valence-corrected chi connectivity index (χ4v) is 4.26. The molecule has 1 fully saturated rings. The third-order valence-electron chi connectivity index (χ3n) is 5.88. The highest BCUT2D eigenvalue weighted by molar-refractivity contribution is 5.89. The standard InChI is InChI=1S/C24H29N3O/c1-16-22-9-4-5-10-23(22)27(24(16)17(2)25)15-19-8-6-7-18(11-19)14-26-20-12-21(13-20)28-3/h4-11,20-21,26H,2,12-15,25H2,1,3H3. The van der Waals surface area contributed by atoms with E-state index in [9.17, 15) is 0 Å². The molecule has 4 nitrogen and oxygen atoms in total. The van der Waals surface area contributed by atoms with E-state index in [1.54, 1.807) is 7.11 Å². The number of nitrogens with two attached hydrogens (primary N) is 1. The second-order valence-electron chi connectivity index (χ2n) is 7.83. The van der Waals surface area contributed by atoms with E-state index in [0.717, 1.165) is 31.6 Å². The zero-order valence-electron chi connectivity index (χ0n) is 16.7. The number of ether oxygens (including phenoxy) is 1. The number of fused-ring (bicyclic) bond motifs is 1. The Balaban J connectivity index is 1.55. The van der Waals surface area contributed by atoms with E-state index in [1.165, 1.54) is 27.6 Å². The van der Waals surface area contributed by atoms with Gasteiger partial charge in [-0.2, -0.15) is 0 Å². The van der Waals surface area contributed by atoms with Gasteiger partial charge in [-0.15, -0.1) is 0 Å². The number of benzene rings is 2. The van der Waals surface area contributed by atoms with Crippen LogP contribution in [0.3, 0.4) is 0 Å². The van der Waals surface area contributed by atoms with Crippen molar-refractivity contribution in [2.75, 3.05) is 7.11 Å². The van der Waals surface area contributed by atoms with Crippen LogP contribution in [-0.2, 0) is 17.8 Å². The maximum absolute atomic E-state index is 6.15. The second kappa shape index (κ2) is 7.82. The largest absolute Gasteiger partial charge is 0.398 e. The molecule has 1 aromatic heterocycles. The molecule has 1 saturated carbocycles. The van der Waals surface area contributed by atoms with Gasteiger partial charge in [-0.1, -0.05) is 49.0 Å². The minimum Gasteiger partial charge on any atom is -0.398 e. The number of nitrogens with zero attached hydrogens (tertiary/aromatic N) is 1. The molecule has 4 heteroatoms. The molecule has 0 bridgehead atoms. The summed E-state index contributed by atoms with van der Waals surface area (Å²) < 4.78 is 7.65. The molecule has 1 aliphatic rings. The van der Waals surface area contributed by atoms with Gasteiger partial charge in [-0.05, 0) is 42.5 Å². The van der Waals surface area contributed by atoms with Crippen LogP contribution in [0.25, 0.3) is 16.6 Å². The van der Waals surface area contributed by atoms with Crippen LogP contribution in [0, 0.1) is 6.92 Å². The first-order chi connectivity index (χ1) is 13.6. The van der Waals surface area contributed by atoms with Crippen molar-refractivity contribution in [2.45, 2.75) is 45.0 Å². The Morgan fingerprint density at radius 2 is 1.93 bits per heavy atom. The number of methoxy groups -OCH3 is 1. The van der Waals surface area contributed by atoms with Crippen molar-refractivity contribution >= 4 is 16.6 Å². The highest BCUT2D eigenvalue weighted by Gasteiger charge is 2.28. The van der Waals surface area contributed by atoms with Crippen LogP contribution >= 0.6 is 0 Å². The summed E-state index contributed by atoms with van der Waals surface area (Å²) in [6, 6.07) is 17.8. The van der Waals surface area contributed by atoms with E-state index in [2.05, 4.69) is 71.9 Å². The normalized spacial score (nSPS) is 18.9. The third kappa shape index (κ3) is 3.58. The van der Waals surface area contributed by atoms with Crippen molar-refractivity contribution in [2.24, 2.45) is 5.73 Å². The van der Waals surface area contributed by atoms with E-state index in [0.29, 0.717) is 17.8 Å². The average Bonchev–Trinajstić information content (AvgIpc) is 2.93. The summed E-state index contributed by atoms with van der Waals surface area (Å²) >= 11 is 0. The maximum atomic E-state index is 6.15. The lowest BCUT2D eigenvalue weighted by atomic mass is 9.89. The highest BCUT2D eigenvalue weighted by atomic mass is 16.5. The van der Waals surface area contributed by atoms with Crippen LogP contribution in [0.1, 0.15) is 35.2 Å². The Hall–Kier alpha value is -2.56. The predicted molar refractivity (Wildman–Crippen MR) is 116 cm³/mol. The lowest BCUT2D eigenvalue weighted by molar-refractivity contribution is 0.0170. The van der Waals surface area contributed by atoms with Gasteiger partial charge < -0.3 is 20.4 Å². The van der Waals surface area contributed by atoms with Crippen LogP contribution in [0.15, 0.2) is 55.1 Å². The number of hydrogen-bond donors (Lipinski definition) is 2. The van der Waals surface area contributed by atoms with Crippen molar-refractivity contribution in [1.82, 2.24) is 9.88 Å². The van der Waals surface area contributed by atoms with Crippen LogP contribution in [0.2, 0.25) is 0 Å². The zero-order valence-corrected chi connectivity index (χ0v) is 16.7. The van der Waals surface area contributed by atoms with Gasteiger partial charge in [-0.25, -0.2) is 0 Å². The molecule has 1 heterocycles. The molecule has 0 spiro atoms. The molecular formula is C24H29N3O. The number of aromatic nitrogens is 1. The Morgan fingerprint density at radius 3 is 2.68 bits per heavy atom. The molecule has 0 unspecified atom stereocenters.